The van der Waals surface area contributed by atoms with Crippen molar-refractivity contribution in [3.8, 4) is 0 Å². The molecular formula is C26H33NO3. The average molecular weight is 408 g/mol. The molecule has 1 saturated heterocycles. The van der Waals surface area contributed by atoms with E-state index < -0.39 is 0 Å². The first-order chi connectivity index (χ1) is 14.7. The Balaban J connectivity index is 1.33. The number of likely N-dealkylation sites (tertiary alicyclic amines) is 1. The molecule has 1 heterocycles. The zero-order chi connectivity index (χ0) is 20.8. The predicted molar refractivity (Wildman–Crippen MR) is 119 cm³/mol. The van der Waals surface area contributed by atoms with Crippen LogP contribution in [0.2, 0.25) is 0 Å². The highest BCUT2D eigenvalue weighted by atomic mass is 16.5. The summed E-state index contributed by atoms with van der Waals surface area (Å²) in [7, 11) is 0. The highest BCUT2D eigenvalue weighted by Gasteiger charge is 2.25. The van der Waals surface area contributed by atoms with Crippen LogP contribution in [0.5, 0.6) is 0 Å². The number of esters is 1. The summed E-state index contributed by atoms with van der Waals surface area (Å²) in [5.74, 6) is 0.560. The second-order valence-electron chi connectivity index (χ2n) is 8.46. The molecule has 1 aliphatic heterocycles. The summed E-state index contributed by atoms with van der Waals surface area (Å²) in [6.45, 7) is 5.45. The monoisotopic (exact) mass is 407 g/mol. The van der Waals surface area contributed by atoms with Crippen LogP contribution in [-0.4, -0.2) is 43.7 Å². The number of benzene rings is 2. The van der Waals surface area contributed by atoms with Gasteiger partial charge in [0, 0.05) is 6.61 Å². The van der Waals surface area contributed by atoms with Gasteiger partial charge in [0.15, 0.2) is 0 Å². The minimum atomic E-state index is -0.107. The molecule has 0 amide bonds. The van der Waals surface area contributed by atoms with Gasteiger partial charge in [-0.05, 0) is 80.3 Å². The summed E-state index contributed by atoms with van der Waals surface area (Å²) in [4.78, 5) is 13.9. The summed E-state index contributed by atoms with van der Waals surface area (Å²) >= 11 is 0. The molecule has 2 aromatic carbocycles. The van der Waals surface area contributed by atoms with E-state index in [1.807, 2.05) is 6.92 Å². The lowest BCUT2D eigenvalue weighted by Crippen LogP contribution is -2.38. The molecule has 30 heavy (non-hydrogen) atoms. The number of hydrogen-bond donors (Lipinski definition) is 0. The normalized spacial score (nSPS) is 17.8. The fraction of sp³-hybridized carbons (Fsp3) is 0.500. The summed E-state index contributed by atoms with van der Waals surface area (Å²) in [5, 5.41) is 0. The van der Waals surface area contributed by atoms with E-state index >= 15 is 0 Å². The van der Waals surface area contributed by atoms with Gasteiger partial charge in [-0.3, -0.25) is 9.69 Å². The molecule has 2 aliphatic rings. The standard InChI is InChI=1S/C26H33NO3/c1-2-29-25(28)19-27-16-13-20(14-17-27)15-18-30-26-23-9-5-3-7-21(23)11-12-22-8-4-6-10-24(22)26/h3-10,20,26H,2,11-19H2,1H3. The van der Waals surface area contributed by atoms with Crippen LogP contribution in [0.25, 0.3) is 0 Å². The SMILES string of the molecule is CCOC(=O)CN1CCC(CCOC2c3ccccc3CCc3ccccc32)CC1. The zero-order valence-corrected chi connectivity index (χ0v) is 18.0. The molecule has 0 unspecified atom stereocenters. The lowest BCUT2D eigenvalue weighted by Gasteiger charge is -2.31. The third-order valence-corrected chi connectivity index (χ3v) is 6.51. The van der Waals surface area contributed by atoms with Crippen molar-refractivity contribution in [2.45, 2.75) is 45.1 Å². The maximum atomic E-state index is 11.7. The molecule has 0 N–H and O–H groups in total. The predicted octanol–water partition coefficient (Wildman–Crippen LogP) is 4.56. The molecule has 0 spiro atoms. The second kappa shape index (κ2) is 10.2. The summed E-state index contributed by atoms with van der Waals surface area (Å²) in [6, 6.07) is 17.5. The highest BCUT2D eigenvalue weighted by Crippen LogP contribution is 2.35. The van der Waals surface area contributed by atoms with Gasteiger partial charge in [0.1, 0.15) is 6.10 Å². The number of nitrogens with zero attached hydrogens (tertiary/aromatic N) is 1. The van der Waals surface area contributed by atoms with Crippen LogP contribution in [0.15, 0.2) is 48.5 Å². The zero-order valence-electron chi connectivity index (χ0n) is 18.0. The van der Waals surface area contributed by atoms with Crippen LogP contribution in [0.1, 0.15) is 54.5 Å². The minimum absolute atomic E-state index is 0.0313. The lowest BCUT2D eigenvalue weighted by molar-refractivity contribution is -0.144. The fourth-order valence-electron chi connectivity index (χ4n) is 4.83. The quantitative estimate of drug-likeness (QED) is 0.631. The number of ether oxygens (including phenoxy) is 2. The third-order valence-electron chi connectivity index (χ3n) is 6.51. The van der Waals surface area contributed by atoms with Gasteiger partial charge in [-0.1, -0.05) is 48.5 Å². The molecule has 0 aromatic heterocycles. The number of carbonyl (C=O) groups is 1. The molecule has 1 aliphatic carbocycles. The Labute approximate surface area is 180 Å². The topological polar surface area (TPSA) is 38.8 Å². The van der Waals surface area contributed by atoms with Gasteiger partial charge in [0.2, 0.25) is 0 Å². The molecular weight excluding hydrogens is 374 g/mol. The molecule has 1 fully saturated rings. The van der Waals surface area contributed by atoms with E-state index in [1.165, 1.54) is 22.3 Å². The van der Waals surface area contributed by atoms with Crippen molar-refractivity contribution in [3.63, 3.8) is 0 Å². The van der Waals surface area contributed by atoms with E-state index in [0.717, 1.165) is 51.8 Å². The van der Waals surface area contributed by atoms with Crippen molar-refractivity contribution in [3.05, 3.63) is 70.8 Å². The Bertz CT molecular complexity index is 794. The van der Waals surface area contributed by atoms with E-state index in [4.69, 9.17) is 9.47 Å². The Morgan fingerprint density at radius 2 is 1.57 bits per heavy atom. The number of piperidine rings is 1. The fourth-order valence-corrected chi connectivity index (χ4v) is 4.83. The first-order valence-corrected chi connectivity index (χ1v) is 11.4. The lowest BCUT2D eigenvalue weighted by atomic mass is 9.93. The van der Waals surface area contributed by atoms with Gasteiger partial charge in [0.25, 0.3) is 0 Å². The van der Waals surface area contributed by atoms with Gasteiger partial charge in [-0.25, -0.2) is 0 Å². The number of fused-ring (bicyclic) bond motifs is 2. The van der Waals surface area contributed by atoms with Crippen molar-refractivity contribution in [1.82, 2.24) is 4.90 Å². The Kier molecular flexibility index (Phi) is 7.19. The summed E-state index contributed by atoms with van der Waals surface area (Å²) < 4.78 is 11.6. The van der Waals surface area contributed by atoms with Crippen LogP contribution in [0.3, 0.4) is 0 Å². The van der Waals surface area contributed by atoms with Gasteiger partial charge in [-0.15, -0.1) is 0 Å². The van der Waals surface area contributed by atoms with Crippen molar-refractivity contribution in [2.75, 3.05) is 32.8 Å². The van der Waals surface area contributed by atoms with E-state index in [0.29, 0.717) is 19.1 Å². The highest BCUT2D eigenvalue weighted by molar-refractivity contribution is 5.71. The number of rotatable bonds is 7. The van der Waals surface area contributed by atoms with Gasteiger partial charge in [0.05, 0.1) is 13.2 Å². The van der Waals surface area contributed by atoms with E-state index in [9.17, 15) is 4.79 Å². The molecule has 0 saturated carbocycles. The Hall–Kier alpha value is -2.17. The van der Waals surface area contributed by atoms with Crippen molar-refractivity contribution in [1.29, 1.82) is 0 Å². The molecule has 4 rings (SSSR count). The maximum absolute atomic E-state index is 11.7. The molecule has 4 nitrogen and oxygen atoms in total. The van der Waals surface area contributed by atoms with Gasteiger partial charge >= 0.3 is 5.97 Å². The Morgan fingerprint density at radius 3 is 2.17 bits per heavy atom. The number of aryl methyl sites for hydroxylation is 2. The molecule has 160 valence electrons. The number of carbonyl (C=O) groups excluding carboxylic acids is 1. The van der Waals surface area contributed by atoms with Crippen molar-refractivity contribution < 1.29 is 14.3 Å². The Morgan fingerprint density at radius 1 is 0.967 bits per heavy atom. The molecule has 4 heteroatoms. The summed E-state index contributed by atoms with van der Waals surface area (Å²) in [6.07, 6.45) is 5.51. The molecule has 0 radical (unpaired) electrons. The molecule has 0 atom stereocenters. The molecule has 0 bridgehead atoms. The van der Waals surface area contributed by atoms with Crippen LogP contribution >= 0.6 is 0 Å². The minimum Gasteiger partial charge on any atom is -0.465 e. The maximum Gasteiger partial charge on any atom is 0.320 e. The van der Waals surface area contributed by atoms with E-state index in [1.54, 1.807) is 0 Å². The van der Waals surface area contributed by atoms with Crippen LogP contribution < -0.4 is 0 Å². The largest absolute Gasteiger partial charge is 0.465 e. The number of hydrogen-bond acceptors (Lipinski definition) is 4. The van der Waals surface area contributed by atoms with E-state index in [2.05, 4.69) is 53.4 Å². The molecule has 2 aromatic rings. The van der Waals surface area contributed by atoms with Gasteiger partial charge in [-0.2, -0.15) is 0 Å². The van der Waals surface area contributed by atoms with Crippen molar-refractivity contribution in [2.24, 2.45) is 5.92 Å². The van der Waals surface area contributed by atoms with Crippen LogP contribution in [-0.2, 0) is 27.1 Å². The van der Waals surface area contributed by atoms with Gasteiger partial charge < -0.3 is 9.47 Å². The second-order valence-corrected chi connectivity index (χ2v) is 8.46. The van der Waals surface area contributed by atoms with E-state index in [-0.39, 0.29) is 12.1 Å². The summed E-state index contributed by atoms with van der Waals surface area (Å²) in [5.41, 5.74) is 5.47. The third kappa shape index (κ3) is 5.11. The smallest absolute Gasteiger partial charge is 0.320 e. The van der Waals surface area contributed by atoms with Crippen molar-refractivity contribution >= 4 is 5.97 Å². The average Bonchev–Trinajstić information content (AvgIpc) is 2.93. The first-order valence-electron chi connectivity index (χ1n) is 11.4. The van der Waals surface area contributed by atoms with Crippen LogP contribution in [0.4, 0.5) is 0 Å². The first kappa shape index (κ1) is 21.1. The van der Waals surface area contributed by atoms with Crippen LogP contribution in [0, 0.1) is 5.92 Å².